The van der Waals surface area contributed by atoms with Crippen molar-refractivity contribution in [3.05, 3.63) is 23.5 Å². The summed E-state index contributed by atoms with van der Waals surface area (Å²) < 4.78 is 18.2. The molecule has 0 spiro atoms. The van der Waals surface area contributed by atoms with Crippen molar-refractivity contribution >= 4 is 23.2 Å². The monoisotopic (exact) mass is 279 g/mol. The van der Waals surface area contributed by atoms with Crippen LogP contribution < -0.4 is 15.9 Å². The second-order valence-electron chi connectivity index (χ2n) is 3.44. The van der Waals surface area contributed by atoms with Gasteiger partial charge in [0.1, 0.15) is 6.07 Å². The Balaban J connectivity index is 3.25. The molecule has 0 amide bonds. The third kappa shape index (κ3) is 3.20. The number of hydrazone groups is 1. The number of aromatic carboxylic acids is 1. The number of amidine groups is 1. The largest absolute Gasteiger partial charge is 0.494 e. The average molecular weight is 279 g/mol. The molecule has 0 aliphatic rings. The quantitative estimate of drug-likeness (QED) is 0.355. The fourth-order valence-corrected chi connectivity index (χ4v) is 1.24. The molecule has 1 rings (SSSR count). The van der Waals surface area contributed by atoms with Crippen LogP contribution in [0, 0.1) is 22.6 Å². The SMILES string of the molecule is COc1cc(C(=O)O)c(N/N=C(\C#N)C(=N)N)cc1F. The minimum atomic E-state index is -1.35. The summed E-state index contributed by atoms with van der Waals surface area (Å²) in [6.45, 7) is 0. The number of rotatable bonds is 5. The van der Waals surface area contributed by atoms with Gasteiger partial charge in [0.05, 0.1) is 18.4 Å². The number of halogens is 1. The lowest BCUT2D eigenvalue weighted by Crippen LogP contribution is -2.22. The Morgan fingerprint density at radius 2 is 2.30 bits per heavy atom. The number of ether oxygens (including phenoxy) is 1. The van der Waals surface area contributed by atoms with Crippen LogP contribution in [0.2, 0.25) is 0 Å². The highest BCUT2D eigenvalue weighted by atomic mass is 19.1. The van der Waals surface area contributed by atoms with E-state index >= 15 is 0 Å². The molecular formula is C11H10FN5O3. The van der Waals surface area contributed by atoms with Gasteiger partial charge in [-0.1, -0.05) is 0 Å². The first-order chi connectivity index (χ1) is 9.40. The molecule has 0 fully saturated rings. The van der Waals surface area contributed by atoms with E-state index in [4.69, 9.17) is 21.5 Å². The molecule has 0 heterocycles. The molecule has 1 aromatic rings. The van der Waals surface area contributed by atoms with E-state index in [1.54, 1.807) is 0 Å². The number of nitrogens with two attached hydrogens (primary N) is 1. The summed E-state index contributed by atoms with van der Waals surface area (Å²) in [5.74, 6) is -3.01. The molecule has 0 radical (unpaired) electrons. The van der Waals surface area contributed by atoms with Crippen LogP contribution in [0.1, 0.15) is 10.4 Å². The summed E-state index contributed by atoms with van der Waals surface area (Å²) in [6.07, 6.45) is 0. The number of nitrogens with zero attached hydrogens (tertiary/aromatic N) is 2. The number of carbonyl (C=O) groups is 1. The van der Waals surface area contributed by atoms with Crippen LogP contribution in [-0.4, -0.2) is 29.7 Å². The minimum Gasteiger partial charge on any atom is -0.494 e. The van der Waals surface area contributed by atoms with Gasteiger partial charge >= 0.3 is 5.97 Å². The zero-order valence-electron chi connectivity index (χ0n) is 10.3. The van der Waals surface area contributed by atoms with E-state index in [1.807, 2.05) is 0 Å². The molecule has 0 saturated carbocycles. The highest BCUT2D eigenvalue weighted by Crippen LogP contribution is 2.26. The van der Waals surface area contributed by atoms with Gasteiger partial charge in [-0.15, -0.1) is 0 Å². The van der Waals surface area contributed by atoms with Gasteiger partial charge in [0.2, 0.25) is 5.71 Å². The Hall–Kier alpha value is -3.15. The molecule has 0 aliphatic carbocycles. The maximum absolute atomic E-state index is 13.5. The van der Waals surface area contributed by atoms with Crippen LogP contribution >= 0.6 is 0 Å². The number of carboxylic acid groups (broad SMARTS) is 1. The van der Waals surface area contributed by atoms with Crippen molar-refractivity contribution in [2.75, 3.05) is 12.5 Å². The number of methoxy groups -OCH3 is 1. The first-order valence-electron chi connectivity index (χ1n) is 5.09. The first kappa shape index (κ1) is 14.9. The van der Waals surface area contributed by atoms with E-state index in [2.05, 4.69) is 15.3 Å². The standard InChI is InChI=1S/C11H10FN5O3/c1-20-9-2-5(11(18)19)7(3-6(9)12)16-17-8(4-13)10(14)15/h2-3,16H,1H3,(H3,14,15)(H,18,19)/b17-8+. The summed E-state index contributed by atoms with van der Waals surface area (Å²) in [7, 11) is 1.19. The second kappa shape index (κ2) is 6.14. The topological polar surface area (TPSA) is 145 Å². The Morgan fingerprint density at radius 3 is 2.75 bits per heavy atom. The number of nitriles is 1. The molecule has 104 valence electrons. The lowest BCUT2D eigenvalue weighted by molar-refractivity contribution is 0.0697. The molecule has 0 atom stereocenters. The lowest BCUT2D eigenvalue weighted by Gasteiger charge is -2.09. The number of anilines is 1. The highest BCUT2D eigenvalue weighted by molar-refractivity contribution is 6.45. The maximum atomic E-state index is 13.5. The molecule has 0 unspecified atom stereocenters. The maximum Gasteiger partial charge on any atom is 0.338 e. The van der Waals surface area contributed by atoms with Crippen molar-refractivity contribution in [2.45, 2.75) is 0 Å². The van der Waals surface area contributed by atoms with Crippen LogP contribution in [0.4, 0.5) is 10.1 Å². The fourth-order valence-electron chi connectivity index (χ4n) is 1.24. The Morgan fingerprint density at radius 1 is 1.65 bits per heavy atom. The van der Waals surface area contributed by atoms with Crippen LogP contribution in [-0.2, 0) is 0 Å². The predicted octanol–water partition coefficient (Wildman–Crippen LogP) is 0.760. The van der Waals surface area contributed by atoms with Crippen molar-refractivity contribution in [2.24, 2.45) is 10.8 Å². The molecule has 9 heteroatoms. The van der Waals surface area contributed by atoms with Gasteiger partial charge in [0.25, 0.3) is 0 Å². The lowest BCUT2D eigenvalue weighted by atomic mass is 10.1. The summed E-state index contributed by atoms with van der Waals surface area (Å²) in [6, 6.07) is 3.35. The number of nitrogens with one attached hydrogen (secondary N) is 2. The molecule has 0 aromatic heterocycles. The van der Waals surface area contributed by atoms with Crippen LogP contribution in [0.3, 0.4) is 0 Å². The number of carboxylic acids is 1. The van der Waals surface area contributed by atoms with E-state index in [0.717, 1.165) is 12.1 Å². The molecule has 1 aromatic carbocycles. The molecular weight excluding hydrogens is 269 g/mol. The number of hydrogen-bond donors (Lipinski definition) is 4. The minimum absolute atomic E-state index is 0.204. The van der Waals surface area contributed by atoms with Crippen LogP contribution in [0.25, 0.3) is 0 Å². The molecule has 0 saturated heterocycles. The number of benzene rings is 1. The zero-order chi connectivity index (χ0) is 15.3. The van der Waals surface area contributed by atoms with Gasteiger partial charge in [-0.2, -0.15) is 10.4 Å². The number of hydrogen-bond acceptors (Lipinski definition) is 6. The van der Waals surface area contributed by atoms with E-state index in [9.17, 15) is 9.18 Å². The highest BCUT2D eigenvalue weighted by Gasteiger charge is 2.16. The van der Waals surface area contributed by atoms with E-state index in [1.165, 1.54) is 13.2 Å². The summed E-state index contributed by atoms with van der Waals surface area (Å²) >= 11 is 0. The van der Waals surface area contributed by atoms with Crippen molar-refractivity contribution in [1.29, 1.82) is 10.7 Å². The third-order valence-electron chi connectivity index (χ3n) is 2.17. The Labute approximate surface area is 112 Å². The van der Waals surface area contributed by atoms with Crippen LogP contribution in [0.15, 0.2) is 17.2 Å². The second-order valence-corrected chi connectivity index (χ2v) is 3.44. The normalized spacial score (nSPS) is 10.6. The molecule has 0 aliphatic heterocycles. The average Bonchev–Trinajstić information content (AvgIpc) is 2.38. The molecule has 0 bridgehead atoms. The molecule has 8 nitrogen and oxygen atoms in total. The molecule has 5 N–H and O–H groups in total. The summed E-state index contributed by atoms with van der Waals surface area (Å²) in [5, 5.41) is 28.1. The van der Waals surface area contributed by atoms with Gasteiger partial charge < -0.3 is 15.6 Å². The van der Waals surface area contributed by atoms with E-state index in [-0.39, 0.29) is 17.0 Å². The smallest absolute Gasteiger partial charge is 0.338 e. The Bertz CT molecular complexity index is 636. The Kier molecular flexibility index (Phi) is 4.58. The van der Waals surface area contributed by atoms with Crippen molar-refractivity contribution < 1.29 is 19.0 Å². The van der Waals surface area contributed by atoms with Gasteiger partial charge in [-0.3, -0.25) is 10.8 Å². The van der Waals surface area contributed by atoms with E-state index < -0.39 is 23.3 Å². The molecule has 20 heavy (non-hydrogen) atoms. The van der Waals surface area contributed by atoms with Crippen LogP contribution in [0.5, 0.6) is 5.75 Å². The fraction of sp³-hybridized carbons (Fsp3) is 0.0909. The van der Waals surface area contributed by atoms with E-state index in [0.29, 0.717) is 0 Å². The summed E-state index contributed by atoms with van der Waals surface area (Å²) in [5.41, 5.74) is 6.28. The zero-order valence-corrected chi connectivity index (χ0v) is 10.3. The van der Waals surface area contributed by atoms with Gasteiger partial charge in [0, 0.05) is 6.07 Å². The first-order valence-corrected chi connectivity index (χ1v) is 5.09. The third-order valence-corrected chi connectivity index (χ3v) is 2.17. The van der Waals surface area contributed by atoms with Gasteiger partial charge in [-0.25, -0.2) is 9.18 Å². The van der Waals surface area contributed by atoms with Crippen molar-refractivity contribution in [3.63, 3.8) is 0 Å². The van der Waals surface area contributed by atoms with Crippen molar-refractivity contribution in [3.8, 4) is 11.8 Å². The summed E-state index contributed by atoms with van der Waals surface area (Å²) in [4.78, 5) is 11.1. The van der Waals surface area contributed by atoms with Gasteiger partial charge in [0.15, 0.2) is 17.4 Å². The van der Waals surface area contributed by atoms with Crippen molar-refractivity contribution in [1.82, 2.24) is 0 Å². The predicted molar refractivity (Wildman–Crippen MR) is 68.5 cm³/mol. The van der Waals surface area contributed by atoms with Gasteiger partial charge in [-0.05, 0) is 6.07 Å².